The summed E-state index contributed by atoms with van der Waals surface area (Å²) in [4.78, 5) is 4.95. The predicted molar refractivity (Wildman–Crippen MR) is 133 cm³/mol. The van der Waals surface area contributed by atoms with E-state index in [1.54, 1.807) is 16.6 Å². The molecule has 0 saturated carbocycles. The number of hydrogen-bond acceptors (Lipinski definition) is 3. The first kappa shape index (κ1) is 22.5. The van der Waals surface area contributed by atoms with Gasteiger partial charge in [-0.1, -0.05) is 71.7 Å². The Bertz CT molecular complexity index is 1300. The molecule has 4 rings (SSSR count). The van der Waals surface area contributed by atoms with E-state index < -0.39 is 10.0 Å². The van der Waals surface area contributed by atoms with Crippen LogP contribution in [0.25, 0.3) is 16.5 Å². The average Bonchev–Trinajstić information content (AvgIpc) is 2.75. The van der Waals surface area contributed by atoms with E-state index in [1.165, 1.54) is 0 Å². The number of benzene rings is 2. The van der Waals surface area contributed by atoms with Crippen molar-refractivity contribution in [1.82, 2.24) is 4.98 Å². The van der Waals surface area contributed by atoms with Crippen LogP contribution < -0.4 is 4.31 Å². The van der Waals surface area contributed by atoms with Gasteiger partial charge in [0, 0.05) is 22.8 Å². The molecular formula is C27H32N2O2S. The molecule has 0 aliphatic carbocycles. The fourth-order valence-electron chi connectivity index (χ4n) is 4.52. The highest BCUT2D eigenvalue weighted by atomic mass is 32.2. The molecule has 0 atom stereocenters. The highest BCUT2D eigenvalue weighted by molar-refractivity contribution is 7.93. The third-order valence-electron chi connectivity index (χ3n) is 6.10. The number of anilines is 1. The molecule has 0 amide bonds. The van der Waals surface area contributed by atoms with Crippen LogP contribution >= 0.6 is 0 Å². The summed E-state index contributed by atoms with van der Waals surface area (Å²) in [5.41, 5.74) is 5.31. The lowest BCUT2D eigenvalue weighted by molar-refractivity contribution is 0.583. The highest BCUT2D eigenvalue weighted by Crippen LogP contribution is 2.45. The number of rotatable bonds is 5. The Balaban J connectivity index is 2.08. The van der Waals surface area contributed by atoms with Gasteiger partial charge in [-0.2, -0.15) is 0 Å². The Kier molecular flexibility index (Phi) is 5.89. The van der Waals surface area contributed by atoms with Gasteiger partial charge in [-0.25, -0.2) is 12.7 Å². The SMILES string of the molecule is CCCC1=C(CCC)N(c2cccc3cccnc23)S(=O)(=O)c2ccc(C(C)(C)C)cc21. The summed E-state index contributed by atoms with van der Waals surface area (Å²) in [6, 6.07) is 15.5. The van der Waals surface area contributed by atoms with E-state index in [1.807, 2.05) is 36.4 Å². The molecule has 32 heavy (non-hydrogen) atoms. The van der Waals surface area contributed by atoms with Crippen LogP contribution in [0.4, 0.5) is 5.69 Å². The van der Waals surface area contributed by atoms with Crippen molar-refractivity contribution >= 4 is 32.2 Å². The number of pyridine rings is 1. The molecule has 1 aromatic heterocycles. The molecule has 1 aliphatic heterocycles. The van der Waals surface area contributed by atoms with Crippen molar-refractivity contribution in [2.24, 2.45) is 0 Å². The normalized spacial score (nSPS) is 15.8. The Morgan fingerprint density at radius 3 is 2.34 bits per heavy atom. The van der Waals surface area contributed by atoms with Gasteiger partial charge in [0.25, 0.3) is 10.0 Å². The van der Waals surface area contributed by atoms with Crippen LogP contribution in [0.3, 0.4) is 0 Å². The number of sulfonamides is 1. The van der Waals surface area contributed by atoms with E-state index in [-0.39, 0.29) is 5.41 Å². The summed E-state index contributed by atoms with van der Waals surface area (Å²) in [6.45, 7) is 10.7. The van der Waals surface area contributed by atoms with Crippen molar-refractivity contribution in [1.29, 1.82) is 0 Å². The monoisotopic (exact) mass is 448 g/mol. The van der Waals surface area contributed by atoms with Gasteiger partial charge >= 0.3 is 0 Å². The Labute approximate surface area is 192 Å². The first-order valence-corrected chi connectivity index (χ1v) is 12.9. The smallest absolute Gasteiger partial charge is 0.254 e. The molecule has 0 unspecified atom stereocenters. The molecule has 3 aromatic rings. The summed E-state index contributed by atoms with van der Waals surface area (Å²) >= 11 is 0. The van der Waals surface area contributed by atoms with E-state index in [2.05, 4.69) is 45.7 Å². The zero-order chi connectivity index (χ0) is 23.1. The highest BCUT2D eigenvalue weighted by Gasteiger charge is 2.38. The summed E-state index contributed by atoms with van der Waals surface area (Å²) in [5, 5.41) is 0.932. The lowest BCUT2D eigenvalue weighted by atomic mass is 9.84. The Morgan fingerprint density at radius 1 is 0.938 bits per heavy atom. The van der Waals surface area contributed by atoms with Crippen molar-refractivity contribution in [3.8, 4) is 0 Å². The van der Waals surface area contributed by atoms with Crippen LogP contribution in [-0.4, -0.2) is 13.4 Å². The zero-order valence-corrected chi connectivity index (χ0v) is 20.5. The van der Waals surface area contributed by atoms with Crippen molar-refractivity contribution in [2.45, 2.75) is 70.6 Å². The number of para-hydroxylation sites is 1. The van der Waals surface area contributed by atoms with E-state index in [9.17, 15) is 8.42 Å². The Hall–Kier alpha value is -2.66. The second kappa shape index (κ2) is 8.36. The lowest BCUT2D eigenvalue weighted by Gasteiger charge is -2.36. The van der Waals surface area contributed by atoms with E-state index in [4.69, 9.17) is 0 Å². The number of fused-ring (bicyclic) bond motifs is 2. The van der Waals surface area contributed by atoms with Crippen LogP contribution in [-0.2, 0) is 15.4 Å². The molecule has 0 bridgehead atoms. The van der Waals surface area contributed by atoms with Crippen molar-refractivity contribution < 1.29 is 8.42 Å². The van der Waals surface area contributed by atoms with Gasteiger partial charge in [-0.3, -0.25) is 4.98 Å². The molecular weight excluding hydrogens is 416 g/mol. The summed E-state index contributed by atoms with van der Waals surface area (Å²) in [5.74, 6) is 0. The first-order chi connectivity index (χ1) is 15.2. The molecule has 5 heteroatoms. The third-order valence-corrected chi connectivity index (χ3v) is 7.91. The van der Waals surface area contributed by atoms with Crippen molar-refractivity contribution in [3.05, 3.63) is 71.6 Å². The maximum absolute atomic E-state index is 14.1. The molecule has 0 fully saturated rings. The molecule has 0 N–H and O–H groups in total. The second-order valence-corrected chi connectivity index (χ2v) is 11.3. The quantitative estimate of drug-likeness (QED) is 0.420. The fraction of sp³-hybridized carbons (Fsp3) is 0.370. The number of aromatic nitrogens is 1. The van der Waals surface area contributed by atoms with E-state index >= 15 is 0 Å². The van der Waals surface area contributed by atoms with Gasteiger partial charge in [0.2, 0.25) is 0 Å². The second-order valence-electron chi connectivity index (χ2n) is 9.51. The summed E-state index contributed by atoms with van der Waals surface area (Å²) in [6.07, 6.45) is 5.06. The molecule has 0 saturated heterocycles. The van der Waals surface area contributed by atoms with Gasteiger partial charge < -0.3 is 0 Å². The van der Waals surface area contributed by atoms with Crippen LogP contribution in [0.1, 0.15) is 71.4 Å². The number of allylic oxidation sites excluding steroid dienone is 2. The van der Waals surface area contributed by atoms with Crippen LogP contribution in [0.15, 0.2) is 65.3 Å². The lowest BCUT2D eigenvalue weighted by Crippen LogP contribution is -2.35. The van der Waals surface area contributed by atoms with Gasteiger partial charge in [-0.15, -0.1) is 0 Å². The largest absolute Gasteiger partial charge is 0.269 e. The Morgan fingerprint density at radius 2 is 1.66 bits per heavy atom. The molecule has 4 nitrogen and oxygen atoms in total. The number of hydrogen-bond donors (Lipinski definition) is 0. The molecule has 2 aromatic carbocycles. The molecule has 0 radical (unpaired) electrons. The summed E-state index contributed by atoms with van der Waals surface area (Å²) in [7, 11) is -3.78. The first-order valence-electron chi connectivity index (χ1n) is 11.5. The maximum atomic E-state index is 14.1. The van der Waals surface area contributed by atoms with Gasteiger partial charge in [-0.05, 0) is 53.7 Å². The van der Waals surface area contributed by atoms with Gasteiger partial charge in [0.15, 0.2) is 0 Å². The minimum Gasteiger partial charge on any atom is -0.254 e. The van der Waals surface area contributed by atoms with Crippen LogP contribution in [0.5, 0.6) is 0 Å². The van der Waals surface area contributed by atoms with E-state index in [0.29, 0.717) is 22.5 Å². The van der Waals surface area contributed by atoms with Gasteiger partial charge in [0.05, 0.1) is 16.1 Å². The van der Waals surface area contributed by atoms with E-state index in [0.717, 1.165) is 47.0 Å². The molecule has 168 valence electrons. The molecule has 1 aliphatic rings. The van der Waals surface area contributed by atoms with Crippen LogP contribution in [0, 0.1) is 0 Å². The zero-order valence-electron chi connectivity index (χ0n) is 19.6. The van der Waals surface area contributed by atoms with Crippen molar-refractivity contribution in [3.63, 3.8) is 0 Å². The standard InChI is InChI=1S/C27H32N2O2S/c1-6-10-21-22-18-20(27(3,4)5)15-16-25(22)32(30,31)29(23(21)11-7-2)24-14-8-12-19-13-9-17-28-26(19)24/h8-9,12-18H,6-7,10-11H2,1-5H3. The maximum Gasteiger partial charge on any atom is 0.269 e. The molecule has 2 heterocycles. The minimum atomic E-state index is -3.78. The fourth-order valence-corrected chi connectivity index (χ4v) is 6.32. The minimum absolute atomic E-state index is 0.0578. The van der Waals surface area contributed by atoms with Crippen LogP contribution in [0.2, 0.25) is 0 Å². The average molecular weight is 449 g/mol. The third kappa shape index (κ3) is 3.73. The van der Waals surface area contributed by atoms with Crippen molar-refractivity contribution in [2.75, 3.05) is 4.31 Å². The molecule has 0 spiro atoms. The topological polar surface area (TPSA) is 50.3 Å². The number of nitrogens with zero attached hydrogens (tertiary/aromatic N) is 2. The van der Waals surface area contributed by atoms with Gasteiger partial charge in [0.1, 0.15) is 0 Å². The predicted octanol–water partition coefficient (Wildman–Crippen LogP) is 7.05. The summed E-state index contributed by atoms with van der Waals surface area (Å²) < 4.78 is 29.8.